The van der Waals surface area contributed by atoms with E-state index in [4.69, 9.17) is 5.26 Å². The molecule has 1 N–H and O–H groups in total. The van der Waals surface area contributed by atoms with E-state index in [0.29, 0.717) is 18.4 Å². The third kappa shape index (κ3) is 2.63. The zero-order valence-corrected chi connectivity index (χ0v) is 11.9. The molecule has 2 heterocycles. The largest absolute Gasteiger partial charge is 0.354 e. The minimum Gasteiger partial charge on any atom is -0.354 e. The molecule has 1 aliphatic rings. The number of fused-ring (bicyclic) bond motifs is 1. The monoisotopic (exact) mass is 280 g/mol. The average Bonchev–Trinajstić information content (AvgIpc) is 2.54. The maximum Gasteiger partial charge on any atom is 0.238 e. The Bertz CT molecular complexity index is 691. The summed E-state index contributed by atoms with van der Waals surface area (Å²) < 4.78 is 0. The van der Waals surface area contributed by atoms with Crippen molar-refractivity contribution in [3.63, 3.8) is 0 Å². The van der Waals surface area contributed by atoms with Gasteiger partial charge in [0.15, 0.2) is 0 Å². The fourth-order valence-corrected chi connectivity index (χ4v) is 2.51. The van der Waals surface area contributed by atoms with Crippen LogP contribution in [0.1, 0.15) is 24.7 Å². The number of rotatable bonds is 3. The molecule has 3 rings (SSSR count). The molecule has 6 nitrogen and oxygen atoms in total. The summed E-state index contributed by atoms with van der Waals surface area (Å²) in [6.45, 7) is 3.51. The Kier molecular flexibility index (Phi) is 3.65. The summed E-state index contributed by atoms with van der Waals surface area (Å²) >= 11 is 0. The van der Waals surface area contributed by atoms with Crippen molar-refractivity contribution in [2.24, 2.45) is 0 Å². The van der Waals surface area contributed by atoms with E-state index in [0.717, 1.165) is 25.1 Å². The molecule has 1 aromatic carbocycles. The summed E-state index contributed by atoms with van der Waals surface area (Å²) in [7, 11) is 0. The van der Waals surface area contributed by atoms with Crippen molar-refractivity contribution in [2.45, 2.75) is 19.8 Å². The Morgan fingerprint density at radius 3 is 2.95 bits per heavy atom. The minimum atomic E-state index is 0.138. The van der Waals surface area contributed by atoms with E-state index in [1.54, 1.807) is 0 Å². The predicted molar refractivity (Wildman–Crippen MR) is 80.5 cm³/mol. The van der Waals surface area contributed by atoms with Crippen LogP contribution in [0.25, 0.3) is 0 Å². The van der Waals surface area contributed by atoms with Gasteiger partial charge in [-0.25, -0.2) is 0 Å². The summed E-state index contributed by atoms with van der Waals surface area (Å²) in [4.78, 5) is 14.8. The second kappa shape index (κ2) is 5.75. The van der Waals surface area contributed by atoms with E-state index in [1.807, 2.05) is 25.1 Å². The van der Waals surface area contributed by atoms with Crippen molar-refractivity contribution in [1.29, 1.82) is 5.26 Å². The number of hydrogen-bond acceptors (Lipinski definition) is 6. The highest BCUT2D eigenvalue weighted by molar-refractivity contribution is 5.64. The van der Waals surface area contributed by atoms with Gasteiger partial charge in [0.2, 0.25) is 17.7 Å². The second-order valence-corrected chi connectivity index (χ2v) is 4.81. The molecule has 0 radical (unpaired) electrons. The van der Waals surface area contributed by atoms with E-state index < -0.39 is 0 Å². The minimum absolute atomic E-state index is 0.138. The van der Waals surface area contributed by atoms with Crippen LogP contribution in [-0.4, -0.2) is 28.0 Å². The maximum absolute atomic E-state index is 9.10. The van der Waals surface area contributed by atoms with Crippen molar-refractivity contribution >= 4 is 17.6 Å². The number of hydrogen-bond donors (Lipinski definition) is 1. The van der Waals surface area contributed by atoms with Gasteiger partial charge in [0.25, 0.3) is 0 Å². The van der Waals surface area contributed by atoms with E-state index in [1.165, 1.54) is 5.56 Å². The second-order valence-electron chi connectivity index (χ2n) is 4.81. The standard InChI is InChI=1S/C15H16N6/c1-2-17-14-18-13(10-16)19-15(20-14)21-9-5-7-11-6-3-4-8-12(11)21/h3-4,6,8H,2,5,7,9H2,1H3,(H,17,18,19,20). The van der Waals surface area contributed by atoms with Gasteiger partial charge in [0.05, 0.1) is 0 Å². The van der Waals surface area contributed by atoms with Gasteiger partial charge >= 0.3 is 0 Å². The zero-order valence-electron chi connectivity index (χ0n) is 11.9. The number of aromatic nitrogens is 3. The first-order chi connectivity index (χ1) is 10.3. The molecule has 21 heavy (non-hydrogen) atoms. The van der Waals surface area contributed by atoms with Crippen LogP contribution in [0.3, 0.4) is 0 Å². The quantitative estimate of drug-likeness (QED) is 0.929. The molecule has 0 aliphatic carbocycles. The number of benzene rings is 1. The molecule has 0 fully saturated rings. The maximum atomic E-state index is 9.10. The lowest BCUT2D eigenvalue weighted by Crippen LogP contribution is -2.27. The smallest absolute Gasteiger partial charge is 0.238 e. The highest BCUT2D eigenvalue weighted by Crippen LogP contribution is 2.31. The lowest BCUT2D eigenvalue weighted by Gasteiger charge is -2.29. The van der Waals surface area contributed by atoms with Crippen LogP contribution in [-0.2, 0) is 6.42 Å². The van der Waals surface area contributed by atoms with Gasteiger partial charge in [-0.15, -0.1) is 0 Å². The van der Waals surface area contributed by atoms with Crippen LogP contribution in [0.2, 0.25) is 0 Å². The van der Waals surface area contributed by atoms with E-state index in [-0.39, 0.29) is 5.82 Å². The number of nitrogens with zero attached hydrogens (tertiary/aromatic N) is 5. The molecule has 106 valence electrons. The number of nitriles is 1. The van der Waals surface area contributed by atoms with Gasteiger partial charge in [-0.3, -0.25) is 0 Å². The fourth-order valence-electron chi connectivity index (χ4n) is 2.51. The first-order valence-corrected chi connectivity index (χ1v) is 7.07. The predicted octanol–water partition coefficient (Wildman–Crippen LogP) is 2.26. The third-order valence-corrected chi connectivity index (χ3v) is 3.41. The normalized spacial score (nSPS) is 13.4. The molecular weight excluding hydrogens is 264 g/mol. The van der Waals surface area contributed by atoms with Gasteiger partial charge in [-0.1, -0.05) is 18.2 Å². The Morgan fingerprint density at radius 2 is 2.14 bits per heavy atom. The molecule has 0 amide bonds. The number of aryl methyl sites for hydroxylation is 1. The molecule has 0 saturated heterocycles. The molecule has 6 heteroatoms. The Hall–Kier alpha value is -2.68. The lowest BCUT2D eigenvalue weighted by atomic mass is 10.0. The first kappa shape index (κ1) is 13.3. The molecule has 0 unspecified atom stereocenters. The number of nitrogens with one attached hydrogen (secondary N) is 1. The van der Waals surface area contributed by atoms with Crippen LogP contribution in [0.4, 0.5) is 17.6 Å². The van der Waals surface area contributed by atoms with Crippen molar-refractivity contribution in [2.75, 3.05) is 23.3 Å². The summed E-state index contributed by atoms with van der Waals surface area (Å²) in [5.41, 5.74) is 2.40. The summed E-state index contributed by atoms with van der Waals surface area (Å²) in [6, 6.07) is 10.2. The SMILES string of the molecule is CCNc1nc(C#N)nc(N2CCCc3ccccc32)n1. The average molecular weight is 280 g/mol. The van der Waals surface area contributed by atoms with E-state index >= 15 is 0 Å². The van der Waals surface area contributed by atoms with Gasteiger partial charge < -0.3 is 10.2 Å². The number of anilines is 3. The Labute approximate surface area is 123 Å². The van der Waals surface area contributed by atoms with Gasteiger partial charge in [0, 0.05) is 18.8 Å². The van der Waals surface area contributed by atoms with Crippen molar-refractivity contribution in [3.8, 4) is 6.07 Å². The Balaban J connectivity index is 2.05. The Morgan fingerprint density at radius 1 is 1.29 bits per heavy atom. The van der Waals surface area contributed by atoms with Crippen LogP contribution in [0, 0.1) is 11.3 Å². The lowest BCUT2D eigenvalue weighted by molar-refractivity contribution is 0.746. The van der Waals surface area contributed by atoms with Crippen LogP contribution < -0.4 is 10.2 Å². The summed E-state index contributed by atoms with van der Waals surface area (Å²) in [6.07, 6.45) is 2.10. The zero-order chi connectivity index (χ0) is 14.7. The summed E-state index contributed by atoms with van der Waals surface area (Å²) in [5, 5.41) is 12.1. The van der Waals surface area contributed by atoms with Crippen molar-refractivity contribution < 1.29 is 0 Å². The molecule has 2 aromatic rings. The van der Waals surface area contributed by atoms with Crippen LogP contribution >= 0.6 is 0 Å². The third-order valence-electron chi connectivity index (χ3n) is 3.41. The van der Waals surface area contributed by atoms with Crippen LogP contribution in [0.5, 0.6) is 0 Å². The molecule has 1 aliphatic heterocycles. The summed E-state index contributed by atoms with van der Waals surface area (Å²) in [5.74, 6) is 1.12. The van der Waals surface area contributed by atoms with Gasteiger partial charge in [0.1, 0.15) is 6.07 Å². The highest BCUT2D eigenvalue weighted by atomic mass is 15.3. The fraction of sp³-hybridized carbons (Fsp3) is 0.333. The topological polar surface area (TPSA) is 77.7 Å². The van der Waals surface area contributed by atoms with Gasteiger partial charge in [-0.05, 0) is 31.4 Å². The number of para-hydroxylation sites is 1. The van der Waals surface area contributed by atoms with E-state index in [2.05, 4.69) is 37.3 Å². The molecule has 0 spiro atoms. The van der Waals surface area contributed by atoms with Gasteiger partial charge in [-0.2, -0.15) is 20.2 Å². The van der Waals surface area contributed by atoms with Crippen molar-refractivity contribution in [1.82, 2.24) is 15.0 Å². The highest BCUT2D eigenvalue weighted by Gasteiger charge is 2.21. The van der Waals surface area contributed by atoms with E-state index in [9.17, 15) is 0 Å². The molecule has 0 saturated carbocycles. The molecular formula is C15H16N6. The molecule has 0 atom stereocenters. The molecule has 1 aromatic heterocycles. The van der Waals surface area contributed by atoms with Crippen molar-refractivity contribution in [3.05, 3.63) is 35.7 Å². The first-order valence-electron chi connectivity index (χ1n) is 7.07. The van der Waals surface area contributed by atoms with Crippen LogP contribution in [0.15, 0.2) is 24.3 Å². The molecule has 0 bridgehead atoms.